The quantitative estimate of drug-likeness (QED) is 0.759. The maximum atomic E-state index is 12.0. The Morgan fingerprint density at radius 2 is 2.12 bits per heavy atom. The summed E-state index contributed by atoms with van der Waals surface area (Å²) in [5, 5.41) is 9.22. The molecule has 1 heterocycles. The lowest BCUT2D eigenvalue weighted by Crippen LogP contribution is -2.60. The Hall–Kier alpha value is -0.660. The van der Waals surface area contributed by atoms with Gasteiger partial charge in [0.1, 0.15) is 5.54 Å². The minimum absolute atomic E-state index is 0.266. The van der Waals surface area contributed by atoms with Crippen molar-refractivity contribution in [2.24, 2.45) is 0 Å². The summed E-state index contributed by atoms with van der Waals surface area (Å²) >= 11 is 0. The molecule has 100 valence electrons. The summed E-state index contributed by atoms with van der Waals surface area (Å²) in [6.45, 7) is 3.92. The fraction of sp³-hybridized carbons (Fsp3) is 0.900. The number of carboxylic acids is 1. The first-order valence-electron chi connectivity index (χ1n) is 5.85. The lowest BCUT2D eigenvalue weighted by atomic mass is 9.91. The van der Waals surface area contributed by atoms with E-state index in [1.54, 1.807) is 0 Å². The van der Waals surface area contributed by atoms with E-state index >= 15 is 0 Å². The topological polar surface area (TPSA) is 86.7 Å². The molecule has 1 fully saturated rings. The molecule has 1 aliphatic heterocycles. The SMILES string of the molecule is CCCNS(=O)(=O)N1CCCCC1(C)C(=O)O. The van der Waals surface area contributed by atoms with Crippen molar-refractivity contribution < 1.29 is 18.3 Å². The first-order valence-corrected chi connectivity index (χ1v) is 7.29. The van der Waals surface area contributed by atoms with Crippen molar-refractivity contribution in [2.75, 3.05) is 13.1 Å². The van der Waals surface area contributed by atoms with Crippen molar-refractivity contribution in [3.63, 3.8) is 0 Å². The predicted molar refractivity (Wildman–Crippen MR) is 63.8 cm³/mol. The van der Waals surface area contributed by atoms with Gasteiger partial charge in [0.15, 0.2) is 0 Å². The van der Waals surface area contributed by atoms with E-state index in [9.17, 15) is 18.3 Å². The summed E-state index contributed by atoms with van der Waals surface area (Å²) in [5.41, 5.74) is -1.32. The first kappa shape index (κ1) is 14.4. The second-order valence-corrected chi connectivity index (χ2v) is 6.19. The zero-order valence-corrected chi connectivity index (χ0v) is 11.1. The first-order chi connectivity index (χ1) is 7.84. The van der Waals surface area contributed by atoms with Gasteiger partial charge in [-0.05, 0) is 32.6 Å². The molecule has 1 unspecified atom stereocenters. The third-order valence-corrected chi connectivity index (χ3v) is 4.85. The second-order valence-electron chi connectivity index (χ2n) is 4.51. The van der Waals surface area contributed by atoms with Gasteiger partial charge in [0.25, 0.3) is 10.2 Å². The zero-order valence-electron chi connectivity index (χ0n) is 10.3. The molecular weight excluding hydrogens is 244 g/mol. The van der Waals surface area contributed by atoms with Gasteiger partial charge in [0.05, 0.1) is 0 Å². The molecule has 2 N–H and O–H groups in total. The van der Waals surface area contributed by atoms with E-state index < -0.39 is 21.7 Å². The van der Waals surface area contributed by atoms with Gasteiger partial charge in [-0.1, -0.05) is 6.92 Å². The van der Waals surface area contributed by atoms with Gasteiger partial charge in [-0.2, -0.15) is 12.7 Å². The number of rotatable bonds is 5. The fourth-order valence-corrected chi connectivity index (χ4v) is 3.69. The molecule has 0 spiro atoms. The molecule has 6 nitrogen and oxygen atoms in total. The third kappa shape index (κ3) is 2.97. The maximum absolute atomic E-state index is 12.0. The monoisotopic (exact) mass is 264 g/mol. The van der Waals surface area contributed by atoms with Gasteiger partial charge in [-0.25, -0.2) is 4.72 Å². The molecule has 1 aliphatic rings. The van der Waals surface area contributed by atoms with Crippen molar-refractivity contribution in [1.82, 2.24) is 9.03 Å². The van der Waals surface area contributed by atoms with Crippen LogP contribution in [0, 0.1) is 0 Å². The average Bonchev–Trinajstić information content (AvgIpc) is 2.26. The number of carbonyl (C=O) groups is 1. The molecule has 0 aromatic rings. The van der Waals surface area contributed by atoms with Crippen LogP contribution in [0.5, 0.6) is 0 Å². The molecule has 1 atom stereocenters. The van der Waals surface area contributed by atoms with Crippen LogP contribution in [0.15, 0.2) is 0 Å². The van der Waals surface area contributed by atoms with Crippen LogP contribution in [-0.2, 0) is 15.0 Å². The van der Waals surface area contributed by atoms with E-state index in [0.29, 0.717) is 25.8 Å². The van der Waals surface area contributed by atoms with E-state index in [2.05, 4.69) is 4.72 Å². The van der Waals surface area contributed by atoms with E-state index in [4.69, 9.17) is 0 Å². The van der Waals surface area contributed by atoms with Gasteiger partial charge in [0, 0.05) is 13.1 Å². The number of aliphatic carboxylic acids is 1. The molecule has 0 amide bonds. The van der Waals surface area contributed by atoms with Crippen LogP contribution < -0.4 is 4.72 Å². The number of nitrogens with zero attached hydrogens (tertiary/aromatic N) is 1. The molecule has 0 saturated carbocycles. The summed E-state index contributed by atoms with van der Waals surface area (Å²) in [4.78, 5) is 11.3. The van der Waals surface area contributed by atoms with Gasteiger partial charge in [0.2, 0.25) is 0 Å². The lowest BCUT2D eigenvalue weighted by molar-refractivity contribution is -0.149. The summed E-state index contributed by atoms with van der Waals surface area (Å²) in [6.07, 6.45) is 2.48. The van der Waals surface area contributed by atoms with Crippen LogP contribution in [-0.4, -0.2) is 42.4 Å². The predicted octanol–water partition coefficient (Wildman–Crippen LogP) is 0.560. The standard InChI is InChI=1S/C10H20N2O4S/c1-3-7-11-17(15,16)12-8-5-4-6-10(12,2)9(13)14/h11H,3-8H2,1-2H3,(H,13,14). The van der Waals surface area contributed by atoms with Crippen molar-refractivity contribution >= 4 is 16.2 Å². The number of carboxylic acid groups (broad SMARTS) is 1. The van der Waals surface area contributed by atoms with Gasteiger partial charge >= 0.3 is 5.97 Å². The van der Waals surface area contributed by atoms with Gasteiger partial charge in [-0.15, -0.1) is 0 Å². The second kappa shape index (κ2) is 5.32. The number of hydrogen-bond acceptors (Lipinski definition) is 3. The van der Waals surface area contributed by atoms with Crippen molar-refractivity contribution in [1.29, 1.82) is 0 Å². The molecule has 7 heteroatoms. The van der Waals surface area contributed by atoms with E-state index in [-0.39, 0.29) is 6.54 Å². The summed E-state index contributed by atoms with van der Waals surface area (Å²) in [6, 6.07) is 0. The van der Waals surface area contributed by atoms with Crippen LogP contribution in [0.4, 0.5) is 0 Å². The highest BCUT2D eigenvalue weighted by Gasteiger charge is 2.47. The van der Waals surface area contributed by atoms with E-state index in [1.807, 2.05) is 6.92 Å². The van der Waals surface area contributed by atoms with Crippen LogP contribution in [0.3, 0.4) is 0 Å². The number of hydrogen-bond donors (Lipinski definition) is 2. The Bertz CT molecular complexity index is 382. The normalized spacial score (nSPS) is 26.9. The molecule has 0 aromatic heterocycles. The highest BCUT2D eigenvalue weighted by molar-refractivity contribution is 7.87. The summed E-state index contributed by atoms with van der Waals surface area (Å²) in [7, 11) is -3.70. The van der Waals surface area contributed by atoms with E-state index in [0.717, 1.165) is 10.7 Å². The van der Waals surface area contributed by atoms with Crippen molar-refractivity contribution in [3.05, 3.63) is 0 Å². The van der Waals surface area contributed by atoms with Gasteiger partial charge in [-0.3, -0.25) is 4.79 Å². The van der Waals surface area contributed by atoms with Crippen LogP contribution >= 0.6 is 0 Å². The van der Waals surface area contributed by atoms with Gasteiger partial charge < -0.3 is 5.11 Å². The van der Waals surface area contributed by atoms with Crippen molar-refractivity contribution in [3.8, 4) is 0 Å². The Morgan fingerprint density at radius 1 is 1.47 bits per heavy atom. The maximum Gasteiger partial charge on any atom is 0.324 e. The van der Waals surface area contributed by atoms with Crippen molar-refractivity contribution in [2.45, 2.75) is 45.1 Å². The zero-order chi connectivity index (χ0) is 13.1. The van der Waals surface area contributed by atoms with E-state index in [1.165, 1.54) is 6.92 Å². The third-order valence-electron chi connectivity index (χ3n) is 3.11. The average molecular weight is 264 g/mol. The molecule has 0 aromatic carbocycles. The molecule has 17 heavy (non-hydrogen) atoms. The molecule has 1 saturated heterocycles. The Morgan fingerprint density at radius 3 is 2.65 bits per heavy atom. The fourth-order valence-electron chi connectivity index (χ4n) is 2.00. The van der Waals surface area contributed by atoms with Crippen LogP contribution in [0.1, 0.15) is 39.5 Å². The smallest absolute Gasteiger partial charge is 0.324 e. The molecule has 0 bridgehead atoms. The Balaban J connectivity index is 2.96. The summed E-state index contributed by atoms with van der Waals surface area (Å²) in [5.74, 6) is -1.08. The molecular formula is C10H20N2O4S. The Labute approximate surface area is 102 Å². The van der Waals surface area contributed by atoms with Crippen LogP contribution in [0.25, 0.3) is 0 Å². The largest absolute Gasteiger partial charge is 0.480 e. The number of nitrogens with one attached hydrogen (secondary N) is 1. The minimum atomic E-state index is -3.70. The molecule has 0 radical (unpaired) electrons. The van der Waals surface area contributed by atoms with Crippen LogP contribution in [0.2, 0.25) is 0 Å². The highest BCUT2D eigenvalue weighted by Crippen LogP contribution is 2.30. The lowest BCUT2D eigenvalue weighted by Gasteiger charge is -2.40. The number of piperidine rings is 1. The molecule has 0 aliphatic carbocycles. The summed E-state index contributed by atoms with van der Waals surface area (Å²) < 4.78 is 27.5. The Kier molecular flexibility index (Phi) is 4.51. The minimum Gasteiger partial charge on any atom is -0.480 e. The highest BCUT2D eigenvalue weighted by atomic mass is 32.2. The molecule has 1 rings (SSSR count).